The Bertz CT molecular complexity index is 260. The van der Waals surface area contributed by atoms with E-state index < -0.39 is 0 Å². The van der Waals surface area contributed by atoms with E-state index in [2.05, 4.69) is 11.7 Å². The van der Waals surface area contributed by atoms with Gasteiger partial charge in [-0.05, 0) is 24.9 Å². The number of hydrogen-bond donors (Lipinski definition) is 0. The van der Waals surface area contributed by atoms with E-state index in [4.69, 9.17) is 11.6 Å². The largest absolute Gasteiger partial charge is 0.263 e. The van der Waals surface area contributed by atoms with Crippen LogP contribution in [-0.4, -0.2) is 6.72 Å². The first-order valence-corrected chi connectivity index (χ1v) is 3.03. The Kier molecular flexibility index (Phi) is 2.02. The number of hydrogen-bond acceptors (Lipinski definition) is 1. The molecule has 0 aliphatic rings. The van der Waals surface area contributed by atoms with Gasteiger partial charge in [-0.1, -0.05) is 11.6 Å². The Morgan fingerprint density at radius 1 is 1.50 bits per heavy atom. The van der Waals surface area contributed by atoms with Gasteiger partial charge in [0.05, 0.1) is 10.7 Å². The Morgan fingerprint density at radius 2 is 2.20 bits per heavy atom. The van der Waals surface area contributed by atoms with Gasteiger partial charge in [-0.2, -0.15) is 0 Å². The van der Waals surface area contributed by atoms with Gasteiger partial charge in [0, 0.05) is 0 Å². The molecule has 0 fully saturated rings. The summed E-state index contributed by atoms with van der Waals surface area (Å²) in [5.74, 6) is -0.364. The highest BCUT2D eigenvalue weighted by Gasteiger charge is 1.97. The lowest BCUT2D eigenvalue weighted by molar-refractivity contribution is 0.628. The van der Waals surface area contributed by atoms with Crippen molar-refractivity contribution in [1.29, 1.82) is 0 Å². The molecule has 1 nitrogen and oxygen atoms in total. The zero-order valence-corrected chi connectivity index (χ0v) is 5.90. The molecule has 3 heteroatoms. The number of aliphatic imine (C=N–C) groups is 1. The summed E-state index contributed by atoms with van der Waals surface area (Å²) in [6, 6.07) is 3.96. The highest BCUT2D eigenvalue weighted by atomic mass is 35.5. The molecule has 0 N–H and O–H groups in total. The first-order valence-electron chi connectivity index (χ1n) is 2.66. The van der Waals surface area contributed by atoms with E-state index in [1.807, 2.05) is 0 Å². The van der Waals surface area contributed by atoms with Gasteiger partial charge in [0.1, 0.15) is 5.82 Å². The minimum atomic E-state index is -0.364. The van der Waals surface area contributed by atoms with Crippen LogP contribution >= 0.6 is 11.6 Å². The molecular weight excluding hydrogens is 153 g/mol. The molecule has 0 saturated carbocycles. The first kappa shape index (κ1) is 7.22. The molecule has 0 unspecified atom stereocenters. The zero-order chi connectivity index (χ0) is 7.56. The van der Waals surface area contributed by atoms with Crippen LogP contribution in [0.3, 0.4) is 0 Å². The van der Waals surface area contributed by atoms with Crippen LogP contribution in [0.1, 0.15) is 0 Å². The SMILES string of the molecule is C=Nc1ccc(F)cc1Cl. The molecular formula is C7H5ClFN. The number of benzene rings is 1. The van der Waals surface area contributed by atoms with E-state index in [1.54, 1.807) is 0 Å². The van der Waals surface area contributed by atoms with Crippen molar-refractivity contribution >= 4 is 24.0 Å². The van der Waals surface area contributed by atoms with E-state index in [0.717, 1.165) is 0 Å². The molecule has 0 aliphatic heterocycles. The summed E-state index contributed by atoms with van der Waals surface area (Å²) >= 11 is 5.56. The van der Waals surface area contributed by atoms with Crippen LogP contribution < -0.4 is 0 Å². The van der Waals surface area contributed by atoms with Crippen molar-refractivity contribution in [1.82, 2.24) is 0 Å². The van der Waals surface area contributed by atoms with Gasteiger partial charge in [0.25, 0.3) is 0 Å². The fourth-order valence-corrected chi connectivity index (χ4v) is 0.836. The molecule has 10 heavy (non-hydrogen) atoms. The van der Waals surface area contributed by atoms with E-state index in [1.165, 1.54) is 18.2 Å². The summed E-state index contributed by atoms with van der Waals surface area (Å²) in [7, 11) is 0. The van der Waals surface area contributed by atoms with Gasteiger partial charge in [-0.15, -0.1) is 0 Å². The average molecular weight is 158 g/mol. The quantitative estimate of drug-likeness (QED) is 0.556. The molecule has 0 bridgehead atoms. The number of nitrogens with zero attached hydrogens (tertiary/aromatic N) is 1. The van der Waals surface area contributed by atoms with Gasteiger partial charge in [-0.3, -0.25) is 4.99 Å². The molecule has 1 aromatic rings. The number of halogens is 2. The molecule has 0 heterocycles. The standard InChI is InChI=1S/C7H5ClFN/c1-10-7-3-2-5(9)4-6(7)8/h2-4H,1H2. The maximum absolute atomic E-state index is 12.3. The topological polar surface area (TPSA) is 12.4 Å². The Labute approximate surface area is 63.2 Å². The van der Waals surface area contributed by atoms with E-state index >= 15 is 0 Å². The van der Waals surface area contributed by atoms with Crippen molar-refractivity contribution in [2.75, 3.05) is 0 Å². The Morgan fingerprint density at radius 3 is 2.70 bits per heavy atom. The molecule has 0 aliphatic carbocycles. The van der Waals surface area contributed by atoms with Crippen LogP contribution in [-0.2, 0) is 0 Å². The van der Waals surface area contributed by atoms with E-state index in [-0.39, 0.29) is 10.8 Å². The third-order valence-corrected chi connectivity index (χ3v) is 1.38. The maximum atomic E-state index is 12.3. The van der Waals surface area contributed by atoms with Crippen LogP contribution in [0.15, 0.2) is 23.2 Å². The first-order chi connectivity index (χ1) is 4.74. The molecule has 0 amide bonds. The second-order valence-corrected chi connectivity index (χ2v) is 2.16. The molecule has 0 spiro atoms. The molecule has 0 atom stereocenters. The number of rotatable bonds is 1. The van der Waals surface area contributed by atoms with Crippen LogP contribution in [0.25, 0.3) is 0 Å². The monoisotopic (exact) mass is 157 g/mol. The predicted octanol–water partition coefficient (Wildman–Crippen LogP) is 2.81. The highest BCUT2D eigenvalue weighted by Crippen LogP contribution is 2.24. The highest BCUT2D eigenvalue weighted by molar-refractivity contribution is 6.33. The summed E-state index contributed by atoms with van der Waals surface area (Å²) in [5.41, 5.74) is 0.503. The van der Waals surface area contributed by atoms with Crippen molar-refractivity contribution in [3.8, 4) is 0 Å². The molecule has 0 radical (unpaired) electrons. The van der Waals surface area contributed by atoms with E-state index in [9.17, 15) is 4.39 Å². The molecule has 1 aromatic carbocycles. The molecule has 0 saturated heterocycles. The van der Waals surface area contributed by atoms with Gasteiger partial charge in [0.2, 0.25) is 0 Å². The summed E-state index contributed by atoms with van der Waals surface area (Å²) in [5, 5.41) is 0.287. The van der Waals surface area contributed by atoms with Gasteiger partial charge < -0.3 is 0 Å². The third kappa shape index (κ3) is 1.33. The summed E-state index contributed by atoms with van der Waals surface area (Å²) in [6.07, 6.45) is 0. The fraction of sp³-hybridized carbons (Fsp3) is 0. The van der Waals surface area contributed by atoms with Gasteiger partial charge in [0.15, 0.2) is 0 Å². The summed E-state index contributed by atoms with van der Waals surface area (Å²) in [4.78, 5) is 3.56. The Balaban J connectivity index is 3.19. The minimum absolute atomic E-state index is 0.287. The lowest BCUT2D eigenvalue weighted by atomic mass is 10.3. The van der Waals surface area contributed by atoms with Gasteiger partial charge >= 0.3 is 0 Å². The van der Waals surface area contributed by atoms with E-state index in [0.29, 0.717) is 5.69 Å². The van der Waals surface area contributed by atoms with Crippen molar-refractivity contribution in [3.05, 3.63) is 29.0 Å². The maximum Gasteiger partial charge on any atom is 0.124 e. The van der Waals surface area contributed by atoms with Crippen molar-refractivity contribution in [2.45, 2.75) is 0 Å². The van der Waals surface area contributed by atoms with Crippen LogP contribution in [0.2, 0.25) is 5.02 Å². The van der Waals surface area contributed by atoms with Crippen molar-refractivity contribution in [2.24, 2.45) is 4.99 Å². The van der Waals surface area contributed by atoms with Gasteiger partial charge in [-0.25, -0.2) is 4.39 Å². The molecule has 52 valence electrons. The van der Waals surface area contributed by atoms with Crippen molar-refractivity contribution < 1.29 is 4.39 Å². The lowest BCUT2D eigenvalue weighted by Crippen LogP contribution is -1.72. The second kappa shape index (κ2) is 2.80. The summed E-state index contributed by atoms with van der Waals surface area (Å²) in [6.45, 7) is 3.26. The fourth-order valence-electron chi connectivity index (χ4n) is 0.609. The average Bonchev–Trinajstić information content (AvgIpc) is 1.88. The minimum Gasteiger partial charge on any atom is -0.263 e. The van der Waals surface area contributed by atoms with Crippen LogP contribution in [0.5, 0.6) is 0 Å². The van der Waals surface area contributed by atoms with Crippen molar-refractivity contribution in [3.63, 3.8) is 0 Å². The normalized spacial score (nSPS) is 9.40. The van der Waals surface area contributed by atoms with Crippen LogP contribution in [0.4, 0.5) is 10.1 Å². The Hall–Kier alpha value is -0.890. The molecule has 0 aromatic heterocycles. The third-order valence-electron chi connectivity index (χ3n) is 1.08. The second-order valence-electron chi connectivity index (χ2n) is 1.75. The lowest BCUT2D eigenvalue weighted by Gasteiger charge is -1.94. The zero-order valence-electron chi connectivity index (χ0n) is 5.14. The smallest absolute Gasteiger partial charge is 0.124 e. The summed E-state index contributed by atoms with van der Waals surface area (Å²) < 4.78 is 12.3. The molecule has 1 rings (SSSR count). The predicted molar refractivity (Wildman–Crippen MR) is 40.6 cm³/mol. The van der Waals surface area contributed by atoms with Crippen LogP contribution in [0, 0.1) is 5.82 Å².